The van der Waals surface area contributed by atoms with E-state index < -0.39 is 0 Å². The van der Waals surface area contributed by atoms with Gasteiger partial charge in [0.25, 0.3) is 0 Å². The number of hydrogen-bond donors (Lipinski definition) is 1. The fourth-order valence-corrected chi connectivity index (χ4v) is 1.91. The van der Waals surface area contributed by atoms with Crippen molar-refractivity contribution in [3.63, 3.8) is 0 Å². The first-order valence-corrected chi connectivity index (χ1v) is 4.92. The van der Waals surface area contributed by atoms with Crippen molar-refractivity contribution in [1.82, 2.24) is 9.97 Å². The summed E-state index contributed by atoms with van der Waals surface area (Å²) in [6.45, 7) is 0. The fraction of sp³-hybridized carbons (Fsp3) is 0.600. The summed E-state index contributed by atoms with van der Waals surface area (Å²) in [6, 6.07) is 0. The van der Waals surface area contributed by atoms with Gasteiger partial charge < -0.3 is 5.73 Å². The van der Waals surface area contributed by atoms with Crippen LogP contribution >= 0.6 is 24.8 Å². The van der Waals surface area contributed by atoms with Gasteiger partial charge in [-0.3, -0.25) is 0 Å². The maximum atomic E-state index is 6.04. The Balaban J connectivity index is 0.000000562. The zero-order valence-corrected chi connectivity index (χ0v) is 10.0. The summed E-state index contributed by atoms with van der Waals surface area (Å²) in [5.41, 5.74) is 8.43. The van der Waals surface area contributed by atoms with Gasteiger partial charge in [0.15, 0.2) is 0 Å². The molecule has 0 amide bonds. The van der Waals surface area contributed by atoms with Crippen molar-refractivity contribution in [2.45, 2.75) is 37.6 Å². The Hall–Kier alpha value is -0.380. The van der Waals surface area contributed by atoms with Crippen molar-refractivity contribution in [3.8, 4) is 0 Å². The second-order valence-corrected chi connectivity index (χ2v) is 4.18. The Morgan fingerprint density at radius 3 is 2.60 bits per heavy atom. The van der Waals surface area contributed by atoms with E-state index in [-0.39, 0.29) is 30.4 Å². The van der Waals surface area contributed by atoms with Gasteiger partial charge in [0, 0.05) is 11.9 Å². The molecule has 1 heterocycles. The Labute approximate surface area is 102 Å². The number of fused-ring (bicyclic) bond motifs is 1. The summed E-state index contributed by atoms with van der Waals surface area (Å²) in [7, 11) is 0. The molecule has 2 N–H and O–H groups in total. The van der Waals surface area contributed by atoms with Crippen LogP contribution in [-0.2, 0) is 18.4 Å². The Kier molecular flexibility index (Phi) is 3.59. The highest BCUT2D eigenvalue weighted by molar-refractivity contribution is 5.85. The number of rotatable bonds is 1. The Morgan fingerprint density at radius 1 is 1.20 bits per heavy atom. The predicted octanol–water partition coefficient (Wildman–Crippen LogP) is 1.76. The molecule has 0 aromatic carbocycles. The van der Waals surface area contributed by atoms with Gasteiger partial charge in [-0.05, 0) is 37.7 Å². The summed E-state index contributed by atoms with van der Waals surface area (Å²) < 4.78 is 0. The molecule has 0 aliphatic heterocycles. The minimum Gasteiger partial charge on any atom is -0.319 e. The summed E-state index contributed by atoms with van der Waals surface area (Å²) in [5.74, 6) is 0.869. The zero-order chi connectivity index (χ0) is 8.89. The van der Waals surface area contributed by atoms with Crippen LogP contribution in [-0.4, -0.2) is 9.97 Å². The van der Waals surface area contributed by atoms with Gasteiger partial charge in [-0.1, -0.05) is 0 Å². The molecule has 1 aromatic rings. The maximum Gasteiger partial charge on any atom is 0.148 e. The molecule has 3 rings (SSSR count). The molecule has 0 radical (unpaired) electrons. The van der Waals surface area contributed by atoms with Crippen molar-refractivity contribution in [2.75, 3.05) is 0 Å². The van der Waals surface area contributed by atoms with E-state index in [4.69, 9.17) is 5.73 Å². The van der Waals surface area contributed by atoms with Crippen LogP contribution in [0.2, 0.25) is 0 Å². The number of hydrogen-bond acceptors (Lipinski definition) is 3. The zero-order valence-electron chi connectivity index (χ0n) is 8.40. The summed E-state index contributed by atoms with van der Waals surface area (Å²) in [5, 5.41) is 0. The van der Waals surface area contributed by atoms with Crippen LogP contribution in [0.1, 0.15) is 36.3 Å². The SMILES string of the molecule is Cl.Cl.NC1(c2ncc3c(n2)CCC3)CC1. The molecule has 1 saturated carbocycles. The van der Waals surface area contributed by atoms with Crippen molar-refractivity contribution in [1.29, 1.82) is 0 Å². The van der Waals surface area contributed by atoms with E-state index in [1.807, 2.05) is 6.20 Å². The molecule has 15 heavy (non-hydrogen) atoms. The van der Waals surface area contributed by atoms with E-state index in [1.54, 1.807) is 0 Å². The number of nitrogens with two attached hydrogens (primary N) is 1. The average Bonchev–Trinajstić information content (AvgIpc) is 2.74. The quantitative estimate of drug-likeness (QED) is 0.823. The lowest BCUT2D eigenvalue weighted by Crippen LogP contribution is -2.22. The van der Waals surface area contributed by atoms with Crippen molar-refractivity contribution in [2.24, 2.45) is 5.73 Å². The van der Waals surface area contributed by atoms with Crippen LogP contribution in [0.5, 0.6) is 0 Å². The molecule has 3 nitrogen and oxygen atoms in total. The highest BCUT2D eigenvalue weighted by atomic mass is 35.5. The van der Waals surface area contributed by atoms with E-state index in [0.717, 1.165) is 31.5 Å². The normalized spacial score (nSPS) is 19.8. The van der Waals surface area contributed by atoms with E-state index in [2.05, 4.69) is 9.97 Å². The minimum absolute atomic E-state index is 0. The molecule has 0 spiro atoms. The average molecular weight is 248 g/mol. The second-order valence-electron chi connectivity index (χ2n) is 4.18. The van der Waals surface area contributed by atoms with Gasteiger partial charge in [0.2, 0.25) is 0 Å². The van der Waals surface area contributed by atoms with Gasteiger partial charge in [0.05, 0.1) is 5.54 Å². The van der Waals surface area contributed by atoms with Crippen LogP contribution in [0.3, 0.4) is 0 Å². The summed E-state index contributed by atoms with van der Waals surface area (Å²) >= 11 is 0. The van der Waals surface area contributed by atoms with Gasteiger partial charge in [-0.15, -0.1) is 24.8 Å². The predicted molar refractivity (Wildman–Crippen MR) is 63.7 cm³/mol. The molecule has 0 bridgehead atoms. The number of aromatic nitrogens is 2. The lowest BCUT2D eigenvalue weighted by molar-refractivity contribution is 0.664. The third-order valence-corrected chi connectivity index (χ3v) is 3.05. The van der Waals surface area contributed by atoms with Crippen LogP contribution in [0.15, 0.2) is 6.20 Å². The van der Waals surface area contributed by atoms with E-state index in [1.165, 1.54) is 17.7 Å². The molecule has 0 unspecified atom stereocenters. The molecular weight excluding hydrogens is 233 g/mol. The van der Waals surface area contributed by atoms with Crippen molar-refractivity contribution < 1.29 is 0 Å². The topological polar surface area (TPSA) is 51.8 Å². The maximum absolute atomic E-state index is 6.04. The van der Waals surface area contributed by atoms with Crippen LogP contribution < -0.4 is 5.73 Å². The van der Waals surface area contributed by atoms with E-state index in [0.29, 0.717) is 0 Å². The summed E-state index contributed by atoms with van der Waals surface area (Å²) in [4.78, 5) is 8.90. The molecule has 1 aromatic heterocycles. The first-order valence-electron chi connectivity index (χ1n) is 4.92. The van der Waals surface area contributed by atoms with Crippen molar-refractivity contribution in [3.05, 3.63) is 23.3 Å². The van der Waals surface area contributed by atoms with Crippen LogP contribution in [0.25, 0.3) is 0 Å². The standard InChI is InChI=1S/C10H13N3.2ClH/c11-10(4-5-10)9-12-6-7-2-1-3-8(7)13-9;;/h6H,1-5,11H2;2*1H. The Bertz CT molecular complexity index is 364. The first-order chi connectivity index (χ1) is 6.28. The highest BCUT2D eigenvalue weighted by Crippen LogP contribution is 2.41. The molecule has 1 fully saturated rings. The molecule has 84 valence electrons. The molecular formula is C10H15Cl2N3. The monoisotopic (exact) mass is 247 g/mol. The van der Waals surface area contributed by atoms with Crippen molar-refractivity contribution >= 4 is 24.8 Å². The van der Waals surface area contributed by atoms with Gasteiger partial charge in [-0.25, -0.2) is 9.97 Å². The first kappa shape index (κ1) is 12.7. The van der Waals surface area contributed by atoms with E-state index in [9.17, 15) is 0 Å². The lowest BCUT2D eigenvalue weighted by atomic mass is 10.2. The van der Waals surface area contributed by atoms with Gasteiger partial charge >= 0.3 is 0 Å². The van der Waals surface area contributed by atoms with E-state index >= 15 is 0 Å². The fourth-order valence-electron chi connectivity index (χ4n) is 1.91. The molecule has 5 heteroatoms. The smallest absolute Gasteiger partial charge is 0.148 e. The van der Waals surface area contributed by atoms with Crippen LogP contribution in [0.4, 0.5) is 0 Å². The third kappa shape index (κ3) is 2.10. The third-order valence-electron chi connectivity index (χ3n) is 3.05. The number of nitrogens with zero attached hydrogens (tertiary/aromatic N) is 2. The van der Waals surface area contributed by atoms with Crippen LogP contribution in [0, 0.1) is 0 Å². The minimum atomic E-state index is -0.169. The number of halogens is 2. The van der Waals surface area contributed by atoms with Gasteiger partial charge in [-0.2, -0.15) is 0 Å². The second kappa shape index (κ2) is 4.24. The lowest BCUT2D eigenvalue weighted by Gasteiger charge is -2.07. The molecule has 2 aliphatic carbocycles. The molecule has 2 aliphatic rings. The molecule has 0 atom stereocenters. The summed E-state index contributed by atoms with van der Waals surface area (Å²) in [6.07, 6.45) is 7.55. The largest absolute Gasteiger partial charge is 0.319 e. The van der Waals surface area contributed by atoms with Gasteiger partial charge in [0.1, 0.15) is 5.82 Å². The number of aryl methyl sites for hydroxylation is 2. The Morgan fingerprint density at radius 2 is 1.93 bits per heavy atom. The highest BCUT2D eigenvalue weighted by Gasteiger charge is 2.43. The molecule has 0 saturated heterocycles.